The molecule has 1 aromatic heterocycles. The molecule has 0 spiro atoms. The molecule has 6 aromatic rings. The Morgan fingerprint density at radius 3 is 1.11 bits per heavy atom. The van der Waals surface area contributed by atoms with Gasteiger partial charge in [-0.05, 0) is 111 Å². The van der Waals surface area contributed by atoms with E-state index >= 15 is 14.4 Å². The fourth-order valence-electron chi connectivity index (χ4n) is 11.7. The molecule has 0 saturated carbocycles. The number of carbonyl (C=O) groups excluding carboxylic acids is 11. The third-order valence-electron chi connectivity index (χ3n) is 17.9. The highest BCUT2D eigenvalue weighted by atomic mass is 32.1. The van der Waals surface area contributed by atoms with E-state index in [-0.39, 0.29) is 81.7 Å². The van der Waals surface area contributed by atoms with Crippen LogP contribution in [0.3, 0.4) is 0 Å². The molecule has 1 heterocycles. The molecule has 0 saturated heterocycles. The molecule has 32 nitrogen and oxygen atoms in total. The SMILES string of the molecule is C[C@@H](O)[C@H](NC(=O)[C@H](Cc1ccccc1)NC(=O)[C@@H](NC(=O)[C@H](CCCCN)NC(=O)[C@@H](Cc1c[nH]c2ccccc12)NC(=O)[C@H](Cc1ccccc1)NC(=O)[C@H](Cc1ccccc1)NC(=O)[C@@H](Cc1ccc(O)cc1)NC(=O)[C@H](CCCCN)NC(=O)[C@@H](N)CS)[C@@H](C)O)C(=O)N[C@@H](CO)C(=O)N[C@@H](CS)C(=O)O. The Bertz CT molecular complexity index is 4020. The van der Waals surface area contributed by atoms with Crippen LogP contribution in [0.4, 0.5) is 0 Å². The lowest BCUT2D eigenvalue weighted by atomic mass is 9.99. The number of carboxylic acids is 1. The normalized spacial score (nSPS) is 15.0. The molecule has 594 valence electrons. The summed E-state index contributed by atoms with van der Waals surface area (Å²) in [5.41, 5.74) is 20.9. The number of carbonyl (C=O) groups is 12. The highest BCUT2D eigenvalue weighted by Crippen LogP contribution is 2.21. The van der Waals surface area contributed by atoms with E-state index in [1.54, 1.807) is 121 Å². The lowest BCUT2D eigenvalue weighted by Gasteiger charge is -2.29. The molecule has 0 fully saturated rings. The van der Waals surface area contributed by atoms with Crippen LogP contribution in [0.5, 0.6) is 5.75 Å². The van der Waals surface area contributed by atoms with Crippen LogP contribution < -0.4 is 75.7 Å². The standard InChI is InChI=1S/C76H101N15O17S2/c1-43(93)63(74(105)87-59(36-47-22-10-5-11-23-47)72(103)91-64(44(2)94)75(106)88-61(40-92)73(104)89-62(42-110)76(107)108)90-67(98)55(27-15-17-33-78)82-71(102)60(38-49-39-80-53-25-13-12-24-51(49)53)86-70(101)57(35-46-20-8-4-9-21-46)85-68(99)56(34-45-18-6-3-7-19-45)84-69(100)58(37-48-28-30-50(95)31-29-48)83-66(97)54(26-14-16-32-77)81-65(96)52(79)41-109/h3-13,18-25,28-31,39,43-44,52,54-64,80,92-95,109-110H,14-17,26-27,32-38,40-42,77-79H2,1-2H3,(H,81,96)(H,82,102)(H,83,97)(H,84,100)(H,85,99)(H,86,101)(H,87,105)(H,88,106)(H,89,104)(H,90,98)(H,91,103)(H,107,108)/t43-,44-,52+,54+,55+,56+,57+,58-,59+,60-,61+,62+,63+,64+/m1/s1. The zero-order chi connectivity index (χ0) is 80.4. The largest absolute Gasteiger partial charge is 0.508 e. The molecule has 23 N–H and O–H groups in total. The number of benzene rings is 5. The number of aliphatic carboxylic acids is 1. The van der Waals surface area contributed by atoms with Gasteiger partial charge in [0.2, 0.25) is 65.0 Å². The van der Waals surface area contributed by atoms with Gasteiger partial charge in [0.25, 0.3) is 0 Å². The van der Waals surface area contributed by atoms with Gasteiger partial charge in [-0.3, -0.25) is 52.7 Å². The summed E-state index contributed by atoms with van der Waals surface area (Å²) < 4.78 is 0. The number of aromatic amines is 1. The van der Waals surface area contributed by atoms with Crippen molar-refractivity contribution in [2.45, 2.75) is 169 Å². The van der Waals surface area contributed by atoms with Gasteiger partial charge in [-0.25, -0.2) is 4.79 Å². The molecule has 5 aromatic carbocycles. The second-order valence-corrected chi connectivity index (χ2v) is 27.3. The number of phenolic OH excluding ortho intramolecular Hbond substituents is 1. The Hall–Kier alpha value is -10.5. The number of nitrogens with two attached hydrogens (primary N) is 3. The number of aromatic nitrogens is 1. The van der Waals surface area contributed by atoms with Crippen molar-refractivity contribution < 1.29 is 83.1 Å². The highest BCUT2D eigenvalue weighted by molar-refractivity contribution is 7.80. The molecule has 11 amide bonds. The molecule has 110 heavy (non-hydrogen) atoms. The second kappa shape index (κ2) is 45.5. The lowest BCUT2D eigenvalue weighted by Crippen LogP contribution is -2.63. The number of aromatic hydroxyl groups is 1. The van der Waals surface area contributed by atoms with Gasteiger partial charge >= 0.3 is 5.97 Å². The number of para-hydroxylation sites is 1. The first kappa shape index (κ1) is 88.4. The van der Waals surface area contributed by atoms with Crippen LogP contribution in [-0.4, -0.2) is 217 Å². The molecule has 14 atom stereocenters. The van der Waals surface area contributed by atoms with E-state index in [1.807, 2.05) is 0 Å². The summed E-state index contributed by atoms with van der Waals surface area (Å²) in [6.45, 7) is 1.67. The minimum absolute atomic E-state index is 0.0404. The molecule has 0 aliphatic rings. The predicted molar refractivity (Wildman–Crippen MR) is 415 cm³/mol. The predicted octanol–water partition coefficient (Wildman–Crippen LogP) is -2.00. The van der Waals surface area contributed by atoms with E-state index in [4.69, 9.17) is 17.2 Å². The van der Waals surface area contributed by atoms with Crippen LogP contribution in [0.2, 0.25) is 0 Å². The van der Waals surface area contributed by atoms with Gasteiger partial charge in [0, 0.05) is 60.7 Å². The maximum absolute atomic E-state index is 15.4. The van der Waals surface area contributed by atoms with Crippen LogP contribution in [0.1, 0.15) is 80.2 Å². The number of aliphatic hydroxyl groups is 3. The second-order valence-electron chi connectivity index (χ2n) is 26.6. The molecule has 0 aliphatic carbocycles. The quantitative estimate of drug-likeness (QED) is 0.0145. The van der Waals surface area contributed by atoms with E-state index in [0.717, 1.165) is 13.8 Å². The van der Waals surface area contributed by atoms with Crippen molar-refractivity contribution in [2.24, 2.45) is 17.2 Å². The lowest BCUT2D eigenvalue weighted by molar-refractivity contribution is -0.142. The van der Waals surface area contributed by atoms with Gasteiger partial charge in [-0.15, -0.1) is 0 Å². The first-order valence-corrected chi connectivity index (χ1v) is 37.3. The van der Waals surface area contributed by atoms with Crippen molar-refractivity contribution in [3.8, 4) is 5.75 Å². The Labute approximate surface area is 647 Å². The van der Waals surface area contributed by atoms with Crippen molar-refractivity contribution in [3.05, 3.63) is 174 Å². The molecule has 0 unspecified atom stereocenters. The first-order valence-electron chi connectivity index (χ1n) is 36.0. The number of hydrogen-bond donors (Lipinski definition) is 22. The monoisotopic (exact) mass is 1560 g/mol. The summed E-state index contributed by atoms with van der Waals surface area (Å²) in [6.07, 6.45) is -1.48. The summed E-state index contributed by atoms with van der Waals surface area (Å²) in [5.74, 6) is -12.6. The van der Waals surface area contributed by atoms with Gasteiger partial charge in [0.15, 0.2) is 0 Å². The zero-order valence-electron chi connectivity index (χ0n) is 61.0. The molecule has 0 radical (unpaired) electrons. The number of unbranched alkanes of at least 4 members (excludes halogenated alkanes) is 2. The number of H-pyrrole nitrogens is 1. The Kier molecular flexibility index (Phi) is 36.6. The highest BCUT2D eigenvalue weighted by Gasteiger charge is 2.39. The van der Waals surface area contributed by atoms with Crippen LogP contribution in [0.25, 0.3) is 10.9 Å². The van der Waals surface area contributed by atoms with Crippen LogP contribution in [-0.2, 0) is 89.6 Å². The van der Waals surface area contributed by atoms with Crippen LogP contribution >= 0.6 is 25.3 Å². The minimum Gasteiger partial charge on any atom is -0.508 e. The fourth-order valence-corrected chi connectivity index (χ4v) is 12.1. The molecule has 0 aliphatic heterocycles. The number of hydrogen-bond acceptors (Lipinski definition) is 21. The van der Waals surface area contributed by atoms with E-state index in [1.165, 1.54) is 24.3 Å². The summed E-state index contributed by atoms with van der Waals surface area (Å²) in [4.78, 5) is 174. The Morgan fingerprint density at radius 2 is 0.718 bits per heavy atom. The third kappa shape index (κ3) is 28.2. The van der Waals surface area contributed by atoms with Gasteiger partial charge in [-0.1, -0.05) is 121 Å². The number of aliphatic hydroxyl groups excluding tert-OH is 3. The smallest absolute Gasteiger partial charge is 0.327 e. The number of phenols is 1. The van der Waals surface area contributed by atoms with Gasteiger partial charge in [0.05, 0.1) is 24.9 Å². The molecule has 34 heteroatoms. The van der Waals surface area contributed by atoms with Crippen molar-refractivity contribution in [1.29, 1.82) is 0 Å². The molecule has 0 bridgehead atoms. The minimum atomic E-state index is -1.89. The molecule has 6 rings (SSSR count). The topological polar surface area (TPSA) is 532 Å². The van der Waals surface area contributed by atoms with Gasteiger partial charge in [-0.2, -0.15) is 25.3 Å². The van der Waals surface area contributed by atoms with E-state index in [2.05, 4.69) is 88.7 Å². The van der Waals surface area contributed by atoms with E-state index in [0.29, 0.717) is 58.0 Å². The zero-order valence-corrected chi connectivity index (χ0v) is 62.8. The summed E-state index contributed by atoms with van der Waals surface area (Å²) in [6, 6.07) is 19.7. The Balaban J connectivity index is 1.31. The van der Waals surface area contributed by atoms with Crippen LogP contribution in [0.15, 0.2) is 146 Å². The number of amides is 11. The number of fused-ring (bicyclic) bond motifs is 1. The number of nitrogens with one attached hydrogen (secondary N) is 12. The summed E-state index contributed by atoms with van der Waals surface area (Å²) >= 11 is 8.03. The first-order chi connectivity index (χ1) is 52.7. The molecular formula is C76H101N15O17S2. The average Bonchev–Trinajstić information content (AvgIpc) is 1.66. The molecular weight excluding hydrogens is 1460 g/mol. The maximum Gasteiger partial charge on any atom is 0.327 e. The van der Waals surface area contributed by atoms with Gasteiger partial charge in [0.1, 0.15) is 72.2 Å². The summed E-state index contributed by atoms with van der Waals surface area (Å²) in [7, 11) is 0. The van der Waals surface area contributed by atoms with Crippen molar-refractivity contribution in [2.75, 3.05) is 31.2 Å². The fraction of sp³-hybridized carbons (Fsp3) is 0.421. The van der Waals surface area contributed by atoms with Crippen molar-refractivity contribution in [3.63, 3.8) is 0 Å². The maximum atomic E-state index is 15.4. The van der Waals surface area contributed by atoms with E-state index in [9.17, 15) is 68.7 Å². The number of rotatable bonds is 46. The van der Waals surface area contributed by atoms with Crippen molar-refractivity contribution >= 4 is 107 Å². The number of carboxylic acid groups (broad SMARTS) is 1. The Morgan fingerprint density at radius 1 is 0.391 bits per heavy atom. The van der Waals surface area contributed by atoms with Crippen LogP contribution in [0, 0.1) is 0 Å². The summed E-state index contributed by atoms with van der Waals surface area (Å²) in [5, 5.41) is 80.7. The average molecular weight is 1560 g/mol. The number of thiol groups is 2. The van der Waals surface area contributed by atoms with Crippen molar-refractivity contribution in [1.82, 2.24) is 63.5 Å². The third-order valence-corrected chi connectivity index (χ3v) is 18.7. The van der Waals surface area contributed by atoms with Gasteiger partial charge < -0.3 is 106 Å². The van der Waals surface area contributed by atoms with E-state index < -0.39 is 162 Å².